The molecule has 3 aromatic rings. The molecular formula is C14H14N4O2. The van der Waals surface area contributed by atoms with Crippen LogP contribution in [-0.2, 0) is 13.6 Å². The van der Waals surface area contributed by atoms with Crippen LogP contribution in [0.1, 0.15) is 5.56 Å². The quantitative estimate of drug-likeness (QED) is 0.674. The van der Waals surface area contributed by atoms with E-state index in [1.807, 2.05) is 30.3 Å². The molecular weight excluding hydrogens is 256 g/mol. The van der Waals surface area contributed by atoms with Crippen molar-refractivity contribution < 1.29 is 5.11 Å². The summed E-state index contributed by atoms with van der Waals surface area (Å²) in [5.41, 5.74) is 1.21. The molecule has 1 aromatic carbocycles. The van der Waals surface area contributed by atoms with Gasteiger partial charge in [-0.05, 0) is 5.56 Å². The van der Waals surface area contributed by atoms with Gasteiger partial charge in [-0.2, -0.15) is 5.10 Å². The summed E-state index contributed by atoms with van der Waals surface area (Å²) >= 11 is 0. The Hall–Kier alpha value is -2.76. The minimum absolute atomic E-state index is 0.185. The molecule has 2 aromatic heterocycles. The average molecular weight is 270 g/mol. The SMILES string of the molecule is Cn1nc2cc(O)[nH]c(=O)c2c1NCc1ccccc1. The molecule has 3 rings (SSSR count). The topological polar surface area (TPSA) is 82.9 Å². The molecule has 0 fully saturated rings. The number of aromatic amines is 1. The number of pyridine rings is 1. The van der Waals surface area contributed by atoms with E-state index in [4.69, 9.17) is 0 Å². The summed E-state index contributed by atoms with van der Waals surface area (Å²) in [5, 5.41) is 17.3. The smallest absolute Gasteiger partial charge is 0.263 e. The summed E-state index contributed by atoms with van der Waals surface area (Å²) in [6, 6.07) is 11.3. The van der Waals surface area contributed by atoms with E-state index in [1.165, 1.54) is 6.07 Å². The maximum atomic E-state index is 11.9. The number of rotatable bonds is 3. The van der Waals surface area contributed by atoms with Crippen molar-refractivity contribution in [2.24, 2.45) is 7.05 Å². The monoisotopic (exact) mass is 270 g/mol. The maximum absolute atomic E-state index is 11.9. The lowest BCUT2D eigenvalue weighted by Crippen LogP contribution is -2.09. The lowest BCUT2D eigenvalue weighted by molar-refractivity contribution is 0.453. The number of aromatic nitrogens is 3. The van der Waals surface area contributed by atoms with E-state index in [2.05, 4.69) is 15.4 Å². The molecule has 6 heteroatoms. The van der Waals surface area contributed by atoms with Crippen molar-refractivity contribution in [3.8, 4) is 5.88 Å². The fourth-order valence-electron chi connectivity index (χ4n) is 2.20. The van der Waals surface area contributed by atoms with Crippen molar-refractivity contribution in [1.82, 2.24) is 14.8 Å². The zero-order chi connectivity index (χ0) is 14.1. The third-order valence-corrected chi connectivity index (χ3v) is 3.12. The van der Waals surface area contributed by atoms with Crippen LogP contribution < -0.4 is 10.9 Å². The molecule has 0 aliphatic heterocycles. The third-order valence-electron chi connectivity index (χ3n) is 3.12. The van der Waals surface area contributed by atoms with E-state index < -0.39 is 0 Å². The summed E-state index contributed by atoms with van der Waals surface area (Å²) in [4.78, 5) is 14.3. The van der Waals surface area contributed by atoms with E-state index in [0.29, 0.717) is 23.3 Å². The van der Waals surface area contributed by atoms with Gasteiger partial charge in [-0.25, -0.2) is 0 Å². The Balaban J connectivity index is 1.99. The van der Waals surface area contributed by atoms with Crippen LogP contribution in [0.5, 0.6) is 5.88 Å². The largest absolute Gasteiger partial charge is 0.494 e. The Labute approximate surface area is 114 Å². The second-order valence-electron chi connectivity index (χ2n) is 4.56. The first-order valence-corrected chi connectivity index (χ1v) is 6.22. The summed E-state index contributed by atoms with van der Waals surface area (Å²) in [5.74, 6) is 0.445. The molecule has 2 heterocycles. The highest BCUT2D eigenvalue weighted by Crippen LogP contribution is 2.21. The molecule has 0 radical (unpaired) electrons. The van der Waals surface area contributed by atoms with Gasteiger partial charge in [0.25, 0.3) is 5.56 Å². The first kappa shape index (κ1) is 12.3. The number of anilines is 1. The first-order chi connectivity index (χ1) is 9.65. The van der Waals surface area contributed by atoms with Gasteiger partial charge >= 0.3 is 0 Å². The van der Waals surface area contributed by atoms with Gasteiger partial charge in [0.2, 0.25) is 0 Å². The molecule has 0 atom stereocenters. The maximum Gasteiger partial charge on any atom is 0.263 e. The Kier molecular flexibility index (Phi) is 2.90. The van der Waals surface area contributed by atoms with Gasteiger partial charge in [0.15, 0.2) is 5.88 Å². The molecule has 0 spiro atoms. The molecule has 0 bridgehead atoms. The van der Waals surface area contributed by atoms with E-state index >= 15 is 0 Å². The van der Waals surface area contributed by atoms with Gasteiger partial charge < -0.3 is 10.4 Å². The Morgan fingerprint density at radius 3 is 2.85 bits per heavy atom. The highest BCUT2D eigenvalue weighted by atomic mass is 16.3. The fraction of sp³-hybridized carbons (Fsp3) is 0.143. The highest BCUT2D eigenvalue weighted by Gasteiger charge is 2.13. The third kappa shape index (κ3) is 2.11. The molecule has 0 amide bonds. The van der Waals surface area contributed by atoms with Crippen molar-refractivity contribution in [2.45, 2.75) is 6.54 Å². The number of H-pyrrole nitrogens is 1. The normalized spacial score (nSPS) is 10.8. The predicted octanol–water partition coefficient (Wildman–Crippen LogP) is 1.58. The molecule has 20 heavy (non-hydrogen) atoms. The second kappa shape index (κ2) is 4.73. The summed E-state index contributed by atoms with van der Waals surface area (Å²) in [6.45, 7) is 0.593. The molecule has 0 saturated heterocycles. The number of nitrogens with one attached hydrogen (secondary N) is 2. The van der Waals surface area contributed by atoms with Crippen molar-refractivity contribution in [1.29, 1.82) is 0 Å². The fourth-order valence-corrected chi connectivity index (χ4v) is 2.20. The molecule has 3 N–H and O–H groups in total. The molecule has 102 valence electrons. The minimum atomic E-state index is -0.358. The molecule has 0 unspecified atom stereocenters. The van der Waals surface area contributed by atoms with E-state index in [9.17, 15) is 9.90 Å². The van der Waals surface area contributed by atoms with Crippen molar-refractivity contribution in [2.75, 3.05) is 5.32 Å². The molecule has 0 aliphatic carbocycles. The number of fused-ring (bicyclic) bond motifs is 1. The Morgan fingerprint density at radius 1 is 1.35 bits per heavy atom. The van der Waals surface area contributed by atoms with E-state index in [1.54, 1.807) is 11.7 Å². The zero-order valence-electron chi connectivity index (χ0n) is 10.9. The van der Waals surface area contributed by atoms with Crippen LogP contribution in [0.2, 0.25) is 0 Å². The van der Waals surface area contributed by atoms with E-state index in [0.717, 1.165) is 5.56 Å². The standard InChI is InChI=1S/C14H14N4O2/c1-18-13(15-8-9-5-3-2-4-6-9)12-10(17-18)7-11(19)16-14(12)20/h2-7,15,19H,8H2,1H3,(H,16,20). The Bertz CT molecular complexity index is 805. The number of nitrogens with zero attached hydrogens (tertiary/aromatic N) is 2. The van der Waals surface area contributed by atoms with Crippen LogP contribution in [-0.4, -0.2) is 19.9 Å². The summed E-state index contributed by atoms with van der Waals surface area (Å²) < 4.78 is 1.60. The average Bonchev–Trinajstić information content (AvgIpc) is 2.73. The summed E-state index contributed by atoms with van der Waals surface area (Å²) in [6.07, 6.45) is 0. The number of aromatic hydroxyl groups is 1. The van der Waals surface area contributed by atoms with Crippen LogP contribution in [0.4, 0.5) is 5.82 Å². The van der Waals surface area contributed by atoms with Crippen LogP contribution in [0.3, 0.4) is 0 Å². The first-order valence-electron chi connectivity index (χ1n) is 6.22. The summed E-state index contributed by atoms with van der Waals surface area (Å²) in [7, 11) is 1.75. The van der Waals surface area contributed by atoms with Gasteiger partial charge in [-0.15, -0.1) is 0 Å². The minimum Gasteiger partial charge on any atom is -0.494 e. The number of hydrogen-bond acceptors (Lipinski definition) is 4. The van der Waals surface area contributed by atoms with Gasteiger partial charge in [-0.3, -0.25) is 14.5 Å². The van der Waals surface area contributed by atoms with Crippen molar-refractivity contribution in [3.05, 3.63) is 52.3 Å². The van der Waals surface area contributed by atoms with Crippen LogP contribution in [0.25, 0.3) is 10.9 Å². The number of benzene rings is 1. The second-order valence-corrected chi connectivity index (χ2v) is 4.56. The van der Waals surface area contributed by atoms with Gasteiger partial charge in [0, 0.05) is 19.7 Å². The lowest BCUT2D eigenvalue weighted by atomic mass is 10.2. The molecule has 0 saturated carbocycles. The van der Waals surface area contributed by atoms with E-state index in [-0.39, 0.29) is 11.4 Å². The lowest BCUT2D eigenvalue weighted by Gasteiger charge is -2.06. The van der Waals surface area contributed by atoms with Crippen molar-refractivity contribution in [3.63, 3.8) is 0 Å². The van der Waals surface area contributed by atoms with Gasteiger partial charge in [-0.1, -0.05) is 30.3 Å². The van der Waals surface area contributed by atoms with Gasteiger partial charge in [0.05, 0.1) is 0 Å². The zero-order valence-corrected chi connectivity index (χ0v) is 10.9. The van der Waals surface area contributed by atoms with Crippen LogP contribution in [0.15, 0.2) is 41.2 Å². The molecule has 0 aliphatic rings. The van der Waals surface area contributed by atoms with Crippen LogP contribution >= 0.6 is 0 Å². The number of hydrogen-bond donors (Lipinski definition) is 3. The molecule has 6 nitrogen and oxygen atoms in total. The van der Waals surface area contributed by atoms with Gasteiger partial charge in [0.1, 0.15) is 16.7 Å². The van der Waals surface area contributed by atoms with Crippen molar-refractivity contribution >= 4 is 16.7 Å². The Morgan fingerprint density at radius 2 is 2.10 bits per heavy atom. The number of aryl methyl sites for hydroxylation is 1. The van der Waals surface area contributed by atoms with Crippen LogP contribution in [0, 0.1) is 0 Å². The highest BCUT2D eigenvalue weighted by molar-refractivity contribution is 5.89. The predicted molar refractivity (Wildman–Crippen MR) is 76.8 cm³/mol.